The van der Waals surface area contributed by atoms with Crippen LogP contribution < -0.4 is 10.1 Å². The monoisotopic (exact) mass is 740 g/mol. The second-order valence-corrected chi connectivity index (χ2v) is 14.4. The van der Waals surface area contributed by atoms with E-state index in [0.29, 0.717) is 23.3 Å². The molecule has 7 nitrogen and oxygen atoms in total. The maximum Gasteiger partial charge on any atom is 0.164 e. The number of amidine groups is 2. The molecular weight excluding hydrogens is 709 g/mol. The molecule has 8 heteroatoms. The lowest BCUT2D eigenvalue weighted by Crippen LogP contribution is -2.33. The minimum atomic E-state index is -0.363. The Morgan fingerprint density at radius 1 is 0.464 bits per heavy atom. The van der Waals surface area contributed by atoms with Gasteiger partial charge in [0.1, 0.15) is 23.5 Å². The minimum absolute atomic E-state index is 0.363. The van der Waals surface area contributed by atoms with E-state index in [1.54, 1.807) is 11.8 Å². The van der Waals surface area contributed by atoms with Crippen molar-refractivity contribution in [2.45, 2.75) is 16.0 Å². The first-order valence-electron chi connectivity index (χ1n) is 18.4. The lowest BCUT2D eigenvalue weighted by atomic mass is 9.97. The predicted octanol–water partition coefficient (Wildman–Crippen LogP) is 11.3. The third-order valence-electron chi connectivity index (χ3n) is 9.62. The summed E-state index contributed by atoms with van der Waals surface area (Å²) in [5, 5.41) is 3.59. The molecule has 0 fully saturated rings. The smallest absolute Gasteiger partial charge is 0.164 e. The Morgan fingerprint density at radius 2 is 1.00 bits per heavy atom. The average Bonchev–Trinajstić information content (AvgIpc) is 3.29. The van der Waals surface area contributed by atoms with Gasteiger partial charge in [0.25, 0.3) is 0 Å². The molecule has 7 aromatic carbocycles. The molecule has 266 valence electrons. The summed E-state index contributed by atoms with van der Waals surface area (Å²) < 4.78 is 6.67. The fourth-order valence-corrected chi connectivity index (χ4v) is 7.87. The first-order valence-corrected chi connectivity index (χ1v) is 19.2. The summed E-state index contributed by atoms with van der Waals surface area (Å²) in [6.07, 6.45) is -0.363. The van der Waals surface area contributed by atoms with E-state index in [0.717, 1.165) is 71.6 Å². The van der Waals surface area contributed by atoms with Gasteiger partial charge in [-0.15, -0.1) is 0 Å². The summed E-state index contributed by atoms with van der Waals surface area (Å²) >= 11 is 1.71. The summed E-state index contributed by atoms with van der Waals surface area (Å²) in [6.45, 7) is 0. The van der Waals surface area contributed by atoms with Crippen LogP contribution in [0.25, 0.3) is 45.3 Å². The maximum atomic E-state index is 6.67. The number of hydrogen-bond donors (Lipinski definition) is 1. The van der Waals surface area contributed by atoms with Crippen LogP contribution in [0.15, 0.2) is 202 Å². The Labute approximate surface area is 328 Å². The van der Waals surface area contributed by atoms with Crippen molar-refractivity contribution in [2.24, 2.45) is 9.98 Å². The van der Waals surface area contributed by atoms with Crippen molar-refractivity contribution in [3.05, 3.63) is 199 Å². The van der Waals surface area contributed by atoms with E-state index < -0.39 is 0 Å². The van der Waals surface area contributed by atoms with Crippen molar-refractivity contribution in [2.75, 3.05) is 0 Å². The summed E-state index contributed by atoms with van der Waals surface area (Å²) in [5.41, 5.74) is 7.27. The Balaban J connectivity index is 1.20. The highest BCUT2D eigenvalue weighted by atomic mass is 32.2. The van der Waals surface area contributed by atoms with Crippen LogP contribution in [0.5, 0.6) is 11.5 Å². The summed E-state index contributed by atoms with van der Waals surface area (Å²) in [4.78, 5) is 27.7. The number of para-hydroxylation sites is 2. The van der Waals surface area contributed by atoms with Gasteiger partial charge in [0.15, 0.2) is 23.3 Å². The highest BCUT2D eigenvalue weighted by Gasteiger charge is 2.25. The number of benzene rings is 7. The summed E-state index contributed by atoms with van der Waals surface area (Å²) in [7, 11) is 0. The molecule has 0 spiro atoms. The normalized spacial score (nSPS) is 14.3. The molecule has 10 rings (SSSR count). The van der Waals surface area contributed by atoms with E-state index in [1.165, 1.54) is 0 Å². The lowest BCUT2D eigenvalue weighted by molar-refractivity contribution is 0.456. The molecule has 3 heterocycles. The lowest BCUT2D eigenvalue weighted by Gasteiger charge is -2.24. The van der Waals surface area contributed by atoms with Crippen LogP contribution in [0, 0.1) is 0 Å². The zero-order chi connectivity index (χ0) is 37.3. The number of nitrogens with zero attached hydrogens (tertiary/aromatic N) is 5. The molecular formula is C48H32N6OS. The number of nitrogens with one attached hydrogen (secondary N) is 1. The molecule has 2 aliphatic heterocycles. The van der Waals surface area contributed by atoms with Crippen LogP contribution in [-0.4, -0.2) is 26.6 Å². The zero-order valence-electron chi connectivity index (χ0n) is 30.0. The van der Waals surface area contributed by atoms with Gasteiger partial charge in [-0.1, -0.05) is 157 Å². The predicted molar refractivity (Wildman–Crippen MR) is 224 cm³/mol. The molecule has 1 aromatic heterocycles. The SMILES string of the molecule is c1ccc(C2=NC(c3cc(-c4nc(-c5ccccc5)nc(-c5ccccc5)n4)cc(-c4cccc5c4Oc4ccccc4S5)c3)=NC(c3ccccc3)N2)cc1. The fraction of sp³-hybridized carbons (Fsp3) is 0.0208. The number of fused-ring (bicyclic) bond motifs is 2. The van der Waals surface area contributed by atoms with Crippen LogP contribution in [-0.2, 0) is 0 Å². The number of rotatable bonds is 7. The molecule has 8 aromatic rings. The molecule has 56 heavy (non-hydrogen) atoms. The van der Waals surface area contributed by atoms with Crippen molar-refractivity contribution >= 4 is 23.4 Å². The minimum Gasteiger partial charge on any atom is -0.454 e. The van der Waals surface area contributed by atoms with Gasteiger partial charge in [0.05, 0.1) is 9.79 Å². The van der Waals surface area contributed by atoms with Crippen molar-refractivity contribution in [3.63, 3.8) is 0 Å². The standard InChI is InChI=1S/C48H32N6OS/c1-5-16-31(17-6-1)43-49-44(32-18-7-2-8-19-32)52-47(51-43)36-28-35(38-24-15-27-41-42(38)55-39-25-13-14-26-40(39)56-41)29-37(30-36)48-53-45(33-20-9-3-10-21-33)50-46(54-48)34-22-11-4-12-23-34/h1-30,43H,(H,49,51,52). The molecule has 0 saturated heterocycles. The third kappa shape index (κ3) is 6.63. The van der Waals surface area contributed by atoms with Crippen LogP contribution in [0.2, 0.25) is 0 Å². The number of hydrogen-bond acceptors (Lipinski definition) is 8. The van der Waals surface area contributed by atoms with Gasteiger partial charge in [0, 0.05) is 33.4 Å². The molecule has 0 saturated carbocycles. The Hall–Kier alpha value is -7.16. The highest BCUT2D eigenvalue weighted by Crippen LogP contribution is 2.51. The van der Waals surface area contributed by atoms with E-state index in [-0.39, 0.29) is 6.17 Å². The van der Waals surface area contributed by atoms with Gasteiger partial charge >= 0.3 is 0 Å². The zero-order valence-corrected chi connectivity index (χ0v) is 30.8. The summed E-state index contributed by atoms with van der Waals surface area (Å²) in [6, 6.07) is 61.2. The number of ether oxygens (including phenoxy) is 1. The summed E-state index contributed by atoms with van der Waals surface area (Å²) in [5.74, 6) is 4.66. The molecule has 0 radical (unpaired) electrons. The second kappa shape index (κ2) is 14.6. The second-order valence-electron chi connectivity index (χ2n) is 13.4. The van der Waals surface area contributed by atoms with E-state index in [1.807, 2.05) is 115 Å². The van der Waals surface area contributed by atoms with Crippen molar-refractivity contribution in [1.29, 1.82) is 0 Å². The van der Waals surface area contributed by atoms with Gasteiger partial charge in [0.2, 0.25) is 0 Å². The van der Waals surface area contributed by atoms with E-state index in [9.17, 15) is 0 Å². The third-order valence-corrected chi connectivity index (χ3v) is 10.7. The number of aromatic nitrogens is 3. The van der Waals surface area contributed by atoms with Crippen LogP contribution >= 0.6 is 11.8 Å². The van der Waals surface area contributed by atoms with Gasteiger partial charge < -0.3 is 10.1 Å². The van der Waals surface area contributed by atoms with Crippen molar-refractivity contribution in [3.8, 4) is 56.8 Å². The van der Waals surface area contributed by atoms with Gasteiger partial charge in [-0.05, 0) is 47.5 Å². The fourth-order valence-electron chi connectivity index (χ4n) is 6.88. The topological polar surface area (TPSA) is 84.7 Å². The van der Waals surface area contributed by atoms with E-state index >= 15 is 0 Å². The van der Waals surface area contributed by atoms with Crippen LogP contribution in [0.3, 0.4) is 0 Å². The van der Waals surface area contributed by atoms with Crippen LogP contribution in [0.1, 0.15) is 22.9 Å². The van der Waals surface area contributed by atoms with Crippen molar-refractivity contribution in [1.82, 2.24) is 20.3 Å². The van der Waals surface area contributed by atoms with Gasteiger partial charge in [-0.2, -0.15) is 0 Å². The largest absolute Gasteiger partial charge is 0.454 e. The molecule has 0 bridgehead atoms. The molecule has 1 N–H and O–H groups in total. The first-order chi connectivity index (χ1) is 27.7. The quantitative estimate of drug-likeness (QED) is 0.175. The van der Waals surface area contributed by atoms with Crippen molar-refractivity contribution < 1.29 is 4.74 Å². The molecule has 2 aliphatic rings. The first kappa shape index (κ1) is 33.4. The molecule has 1 unspecified atom stereocenters. The maximum absolute atomic E-state index is 6.67. The van der Waals surface area contributed by atoms with Gasteiger partial charge in [-0.3, -0.25) is 0 Å². The van der Waals surface area contributed by atoms with E-state index in [2.05, 4.69) is 72.0 Å². The molecule has 0 aliphatic carbocycles. The van der Waals surface area contributed by atoms with Gasteiger partial charge in [-0.25, -0.2) is 24.9 Å². The van der Waals surface area contributed by atoms with E-state index in [4.69, 9.17) is 29.7 Å². The Morgan fingerprint density at radius 3 is 1.68 bits per heavy atom. The van der Waals surface area contributed by atoms with Crippen LogP contribution in [0.4, 0.5) is 0 Å². The Bertz CT molecular complexity index is 2720. The highest BCUT2D eigenvalue weighted by molar-refractivity contribution is 7.99. The molecule has 1 atom stereocenters. The number of aliphatic imine (C=N–C) groups is 2. The molecule has 0 amide bonds. The average molecular weight is 741 g/mol. The Kier molecular flexibility index (Phi) is 8.70.